The van der Waals surface area contributed by atoms with Gasteiger partial charge in [-0.2, -0.15) is 4.98 Å². The summed E-state index contributed by atoms with van der Waals surface area (Å²) in [4.78, 5) is 23.8. The van der Waals surface area contributed by atoms with E-state index in [0.717, 1.165) is 16.8 Å². The molecule has 1 fully saturated rings. The molecule has 1 aliphatic rings. The van der Waals surface area contributed by atoms with Crippen LogP contribution in [-0.2, 0) is 4.84 Å². The molecule has 7 nitrogen and oxygen atoms in total. The first-order valence-corrected chi connectivity index (χ1v) is 8.58. The largest absolute Gasteiger partial charge is 0.399 e. The quantitative estimate of drug-likeness (QED) is 0.665. The second kappa shape index (κ2) is 7.41. The number of nitrogens with zero attached hydrogens (tertiary/aromatic N) is 4. The van der Waals surface area contributed by atoms with Gasteiger partial charge < -0.3 is 14.3 Å². The van der Waals surface area contributed by atoms with Crippen LogP contribution in [-0.4, -0.2) is 40.3 Å². The maximum Gasteiger partial charge on any atom is 0.254 e. The van der Waals surface area contributed by atoms with Crippen LogP contribution in [0.3, 0.4) is 0 Å². The van der Waals surface area contributed by atoms with Crippen molar-refractivity contribution in [2.45, 2.75) is 12.5 Å². The molecule has 1 amide bonds. The van der Waals surface area contributed by atoms with Gasteiger partial charge in [0.2, 0.25) is 6.39 Å². The lowest BCUT2D eigenvalue weighted by Gasteiger charge is -2.21. The molecule has 0 radical (unpaired) electrons. The zero-order valence-corrected chi connectivity index (χ0v) is 14.8. The fourth-order valence-corrected chi connectivity index (χ4v) is 3.27. The minimum Gasteiger partial charge on any atom is -0.399 e. The van der Waals surface area contributed by atoms with E-state index in [1.807, 2.05) is 54.6 Å². The third kappa shape index (κ3) is 3.44. The highest BCUT2D eigenvalue weighted by Crippen LogP contribution is 2.30. The summed E-state index contributed by atoms with van der Waals surface area (Å²) < 4.78 is 4.85. The number of rotatable bonds is 4. The van der Waals surface area contributed by atoms with E-state index >= 15 is 0 Å². The van der Waals surface area contributed by atoms with E-state index in [1.54, 1.807) is 4.90 Å². The molecule has 7 heteroatoms. The molecule has 0 saturated carbocycles. The Labute approximate surface area is 156 Å². The fraction of sp³-hybridized carbons (Fsp3) is 0.200. The molecule has 2 heterocycles. The van der Waals surface area contributed by atoms with Crippen molar-refractivity contribution >= 4 is 11.6 Å². The Hall–Kier alpha value is -3.48. The van der Waals surface area contributed by atoms with E-state index in [9.17, 15) is 4.79 Å². The number of aromatic nitrogens is 2. The summed E-state index contributed by atoms with van der Waals surface area (Å²) in [6.45, 7) is 0.367. The average molecular weight is 362 g/mol. The molecule has 1 aromatic heterocycles. The van der Waals surface area contributed by atoms with Crippen LogP contribution in [0.25, 0.3) is 11.1 Å². The van der Waals surface area contributed by atoms with Crippen LogP contribution < -0.4 is 0 Å². The average Bonchev–Trinajstić information content (AvgIpc) is 3.38. The van der Waals surface area contributed by atoms with Gasteiger partial charge in [0, 0.05) is 12.0 Å². The minimum atomic E-state index is -0.320. The molecule has 0 spiro atoms. The standard InChI is InChI=1S/C20H18N4O3/c1-26-22-17-11-18(19-21-13-27-23-19)24(12-17)20(25)16-9-7-15(8-10-16)14-5-3-2-4-6-14/h2-10,13,18H,11-12H2,1H3/b22-17+. The number of carbonyl (C=O) groups is 1. The normalized spacial score (nSPS) is 18.0. The lowest BCUT2D eigenvalue weighted by molar-refractivity contribution is 0.0732. The van der Waals surface area contributed by atoms with Gasteiger partial charge in [-0.05, 0) is 23.3 Å². The molecule has 1 aliphatic heterocycles. The van der Waals surface area contributed by atoms with E-state index in [-0.39, 0.29) is 11.9 Å². The molecular weight excluding hydrogens is 344 g/mol. The number of amides is 1. The Balaban J connectivity index is 1.59. The van der Waals surface area contributed by atoms with Crippen molar-refractivity contribution in [2.24, 2.45) is 5.16 Å². The topological polar surface area (TPSA) is 80.8 Å². The van der Waals surface area contributed by atoms with E-state index in [4.69, 9.17) is 9.36 Å². The maximum atomic E-state index is 13.1. The minimum absolute atomic E-state index is 0.106. The highest BCUT2D eigenvalue weighted by atomic mass is 16.6. The van der Waals surface area contributed by atoms with Crippen molar-refractivity contribution in [1.29, 1.82) is 0 Å². The summed E-state index contributed by atoms with van der Waals surface area (Å²) >= 11 is 0. The first-order valence-electron chi connectivity index (χ1n) is 8.58. The lowest BCUT2D eigenvalue weighted by Crippen LogP contribution is -2.31. The van der Waals surface area contributed by atoms with Gasteiger partial charge in [0.05, 0.1) is 12.3 Å². The molecule has 1 unspecified atom stereocenters. The van der Waals surface area contributed by atoms with Crippen LogP contribution in [0.15, 0.2) is 70.7 Å². The summed E-state index contributed by atoms with van der Waals surface area (Å²) in [7, 11) is 1.49. The van der Waals surface area contributed by atoms with Crippen LogP contribution in [0.2, 0.25) is 0 Å². The molecule has 3 aromatic rings. The van der Waals surface area contributed by atoms with Crippen LogP contribution >= 0.6 is 0 Å². The van der Waals surface area contributed by atoms with Crippen molar-refractivity contribution in [1.82, 2.24) is 15.0 Å². The van der Waals surface area contributed by atoms with Crippen molar-refractivity contribution in [3.05, 3.63) is 72.4 Å². The molecule has 0 aliphatic carbocycles. The Morgan fingerprint density at radius 1 is 1.15 bits per heavy atom. The van der Waals surface area contributed by atoms with E-state index in [1.165, 1.54) is 13.5 Å². The predicted molar refractivity (Wildman–Crippen MR) is 99.0 cm³/mol. The van der Waals surface area contributed by atoms with Crippen molar-refractivity contribution in [2.75, 3.05) is 13.7 Å². The number of benzene rings is 2. The van der Waals surface area contributed by atoms with Gasteiger partial charge in [-0.25, -0.2) is 0 Å². The van der Waals surface area contributed by atoms with Crippen LogP contribution in [0.5, 0.6) is 0 Å². The van der Waals surface area contributed by atoms with Crippen LogP contribution in [0.1, 0.15) is 28.6 Å². The van der Waals surface area contributed by atoms with Gasteiger partial charge in [0.25, 0.3) is 5.91 Å². The van der Waals surface area contributed by atoms with Gasteiger partial charge >= 0.3 is 0 Å². The Morgan fingerprint density at radius 2 is 1.89 bits per heavy atom. The molecule has 1 atom stereocenters. The van der Waals surface area contributed by atoms with Crippen molar-refractivity contribution < 1.29 is 14.2 Å². The number of carbonyl (C=O) groups excluding carboxylic acids is 1. The Kier molecular flexibility index (Phi) is 4.65. The summed E-state index contributed by atoms with van der Waals surface area (Å²) in [6.07, 6.45) is 1.78. The fourth-order valence-electron chi connectivity index (χ4n) is 3.27. The maximum absolute atomic E-state index is 13.1. The van der Waals surface area contributed by atoms with Gasteiger partial charge in [-0.1, -0.05) is 52.8 Å². The number of hydrogen-bond donors (Lipinski definition) is 0. The highest BCUT2D eigenvalue weighted by Gasteiger charge is 2.37. The van der Waals surface area contributed by atoms with Crippen LogP contribution in [0.4, 0.5) is 0 Å². The van der Waals surface area contributed by atoms with E-state index in [0.29, 0.717) is 24.4 Å². The predicted octanol–water partition coefficient (Wildman–Crippen LogP) is 3.33. The second-order valence-electron chi connectivity index (χ2n) is 6.23. The highest BCUT2D eigenvalue weighted by molar-refractivity contribution is 6.00. The number of oxime groups is 1. The third-order valence-corrected chi connectivity index (χ3v) is 4.55. The Bertz CT molecular complexity index is 937. The van der Waals surface area contributed by atoms with E-state index < -0.39 is 0 Å². The van der Waals surface area contributed by atoms with Crippen molar-refractivity contribution in [3.63, 3.8) is 0 Å². The van der Waals surface area contributed by atoms with Gasteiger partial charge in [-0.3, -0.25) is 4.79 Å². The summed E-state index contributed by atoms with van der Waals surface area (Å²) in [6, 6.07) is 17.3. The smallest absolute Gasteiger partial charge is 0.254 e. The lowest BCUT2D eigenvalue weighted by atomic mass is 10.0. The van der Waals surface area contributed by atoms with Gasteiger partial charge in [0.1, 0.15) is 13.2 Å². The molecule has 1 saturated heterocycles. The first-order chi connectivity index (χ1) is 13.3. The third-order valence-electron chi connectivity index (χ3n) is 4.55. The van der Waals surface area contributed by atoms with Gasteiger partial charge in [0.15, 0.2) is 5.82 Å². The summed E-state index contributed by atoms with van der Waals surface area (Å²) in [5.41, 5.74) is 3.53. The van der Waals surface area contributed by atoms with E-state index in [2.05, 4.69) is 15.3 Å². The Morgan fingerprint density at radius 3 is 2.56 bits per heavy atom. The molecule has 136 valence electrons. The zero-order valence-electron chi connectivity index (χ0n) is 14.8. The van der Waals surface area contributed by atoms with Crippen molar-refractivity contribution in [3.8, 4) is 11.1 Å². The molecule has 27 heavy (non-hydrogen) atoms. The molecule has 2 aromatic carbocycles. The monoisotopic (exact) mass is 362 g/mol. The molecule has 4 rings (SSSR count). The molecule has 0 N–H and O–H groups in total. The molecular formula is C20H18N4O3. The molecule has 0 bridgehead atoms. The number of hydrogen-bond acceptors (Lipinski definition) is 6. The summed E-state index contributed by atoms with van der Waals surface area (Å²) in [5, 5.41) is 7.90. The second-order valence-corrected chi connectivity index (χ2v) is 6.23. The van der Waals surface area contributed by atoms with Gasteiger partial charge in [-0.15, -0.1) is 0 Å². The first kappa shape index (κ1) is 17.0. The SMILES string of the molecule is CO/N=C1\CC(c2ncon2)N(C(=O)c2ccc(-c3ccccc3)cc2)C1. The number of likely N-dealkylation sites (tertiary alicyclic amines) is 1. The zero-order chi connectivity index (χ0) is 18.6. The van der Waals surface area contributed by atoms with Crippen LogP contribution in [0, 0.1) is 0 Å². The summed E-state index contributed by atoms with van der Waals surface area (Å²) in [5.74, 6) is 0.358.